The molecule has 0 radical (unpaired) electrons. The molecule has 2 aromatic rings. The third-order valence-electron chi connectivity index (χ3n) is 4.27. The predicted molar refractivity (Wildman–Crippen MR) is 102 cm³/mol. The Morgan fingerprint density at radius 3 is 2.68 bits per heavy atom. The van der Waals surface area contributed by atoms with Crippen LogP contribution in [-0.2, 0) is 11.3 Å². The van der Waals surface area contributed by atoms with Crippen LogP contribution >= 0.6 is 11.8 Å². The number of aromatic nitrogens is 2. The monoisotopic (exact) mass is 356 g/mol. The molecule has 1 aromatic carbocycles. The second-order valence-electron chi connectivity index (χ2n) is 6.31. The van der Waals surface area contributed by atoms with Crippen molar-refractivity contribution in [2.75, 3.05) is 23.7 Å². The number of thioether (sulfide) groups is 1. The Kier molecular flexibility index (Phi) is 6.28. The fourth-order valence-electron chi connectivity index (χ4n) is 2.80. The number of carbonyl (C=O) groups excluding carboxylic acids is 1. The van der Waals surface area contributed by atoms with Gasteiger partial charge in [0.2, 0.25) is 5.91 Å². The third-order valence-corrected chi connectivity index (χ3v) is 5.19. The van der Waals surface area contributed by atoms with E-state index in [9.17, 15) is 4.79 Å². The molecular weight excluding hydrogens is 332 g/mol. The van der Waals surface area contributed by atoms with Crippen molar-refractivity contribution in [3.63, 3.8) is 0 Å². The number of amides is 1. The fraction of sp³-hybridized carbons (Fsp3) is 0.421. The summed E-state index contributed by atoms with van der Waals surface area (Å²) in [5.41, 5.74) is 2.33. The lowest BCUT2D eigenvalue weighted by Gasteiger charge is -2.27. The zero-order valence-electron chi connectivity index (χ0n) is 14.6. The molecule has 0 saturated carbocycles. The normalized spacial score (nSPS) is 14.4. The van der Waals surface area contributed by atoms with Crippen LogP contribution < -0.4 is 10.2 Å². The average Bonchev–Trinajstić information content (AvgIpc) is 2.67. The number of anilines is 1. The Balaban J connectivity index is 1.47. The Hall–Kier alpha value is -2.08. The first-order chi connectivity index (χ1) is 12.2. The number of hydrogen-bond donors (Lipinski definition) is 1. The van der Waals surface area contributed by atoms with Gasteiger partial charge in [-0.05, 0) is 31.7 Å². The van der Waals surface area contributed by atoms with E-state index in [1.165, 1.54) is 36.6 Å². The molecule has 3 rings (SSSR count). The van der Waals surface area contributed by atoms with E-state index in [0.29, 0.717) is 12.3 Å². The molecule has 0 bridgehead atoms. The topological polar surface area (TPSA) is 58.1 Å². The summed E-state index contributed by atoms with van der Waals surface area (Å²) in [6.07, 6.45) is 5.32. The number of hydrogen-bond acceptors (Lipinski definition) is 5. The molecule has 25 heavy (non-hydrogen) atoms. The number of nitrogens with one attached hydrogen (secondary N) is 1. The standard InChI is InChI=1S/C19H24N4OS/c1-15-5-7-16(8-6-15)12-20-18(24)13-25-19-11-17(21-14-22-19)23-9-3-2-4-10-23/h5-8,11,14H,2-4,9-10,12-13H2,1H3,(H,20,24). The second kappa shape index (κ2) is 8.85. The summed E-state index contributed by atoms with van der Waals surface area (Å²) in [5.74, 6) is 1.35. The average molecular weight is 356 g/mol. The van der Waals surface area contributed by atoms with Gasteiger partial charge >= 0.3 is 0 Å². The Labute approximate surface area is 153 Å². The molecule has 132 valence electrons. The van der Waals surface area contributed by atoms with Crippen molar-refractivity contribution in [1.29, 1.82) is 0 Å². The van der Waals surface area contributed by atoms with Crippen LogP contribution in [0.15, 0.2) is 41.7 Å². The molecule has 1 fully saturated rings. The quantitative estimate of drug-likeness (QED) is 0.636. The van der Waals surface area contributed by atoms with Gasteiger partial charge in [0.15, 0.2) is 0 Å². The van der Waals surface area contributed by atoms with E-state index in [4.69, 9.17) is 0 Å². The van der Waals surface area contributed by atoms with Crippen molar-refractivity contribution in [3.8, 4) is 0 Å². The van der Waals surface area contributed by atoms with Crippen LogP contribution in [0.1, 0.15) is 30.4 Å². The summed E-state index contributed by atoms with van der Waals surface area (Å²) in [7, 11) is 0. The van der Waals surface area contributed by atoms with Crippen LogP contribution in [0, 0.1) is 6.92 Å². The van der Waals surface area contributed by atoms with Crippen molar-refractivity contribution in [2.24, 2.45) is 0 Å². The van der Waals surface area contributed by atoms with Crippen molar-refractivity contribution >= 4 is 23.5 Å². The zero-order chi connectivity index (χ0) is 17.5. The lowest BCUT2D eigenvalue weighted by atomic mass is 10.1. The molecule has 1 aromatic heterocycles. The molecular formula is C19H24N4OS. The summed E-state index contributed by atoms with van der Waals surface area (Å²) in [6, 6.07) is 10.2. The highest BCUT2D eigenvalue weighted by molar-refractivity contribution is 7.99. The molecule has 6 heteroatoms. The molecule has 2 heterocycles. The maximum Gasteiger partial charge on any atom is 0.230 e. The van der Waals surface area contributed by atoms with Gasteiger partial charge in [-0.15, -0.1) is 0 Å². The van der Waals surface area contributed by atoms with E-state index >= 15 is 0 Å². The van der Waals surface area contributed by atoms with Crippen molar-refractivity contribution in [3.05, 3.63) is 47.8 Å². The second-order valence-corrected chi connectivity index (χ2v) is 7.31. The van der Waals surface area contributed by atoms with Crippen LogP contribution in [0.25, 0.3) is 0 Å². The molecule has 0 spiro atoms. The van der Waals surface area contributed by atoms with E-state index in [1.54, 1.807) is 6.33 Å². The van der Waals surface area contributed by atoms with Gasteiger partial charge in [0.1, 0.15) is 17.2 Å². The first-order valence-electron chi connectivity index (χ1n) is 8.73. The minimum absolute atomic E-state index is 0.0173. The van der Waals surface area contributed by atoms with E-state index in [0.717, 1.165) is 29.5 Å². The van der Waals surface area contributed by atoms with Crippen LogP contribution in [0.2, 0.25) is 0 Å². The number of aryl methyl sites for hydroxylation is 1. The summed E-state index contributed by atoms with van der Waals surface area (Å²) < 4.78 is 0. The minimum atomic E-state index is 0.0173. The van der Waals surface area contributed by atoms with E-state index < -0.39 is 0 Å². The van der Waals surface area contributed by atoms with Gasteiger partial charge in [0.25, 0.3) is 0 Å². The third kappa shape index (κ3) is 5.46. The predicted octanol–water partition coefficient (Wildman–Crippen LogP) is 3.18. The van der Waals surface area contributed by atoms with Crippen LogP contribution in [0.5, 0.6) is 0 Å². The maximum atomic E-state index is 12.1. The summed E-state index contributed by atoms with van der Waals surface area (Å²) in [6.45, 7) is 4.72. The maximum absolute atomic E-state index is 12.1. The molecule has 0 atom stereocenters. The first kappa shape index (κ1) is 17.7. The minimum Gasteiger partial charge on any atom is -0.356 e. The van der Waals surface area contributed by atoms with Gasteiger partial charge in [-0.1, -0.05) is 41.6 Å². The fourth-order valence-corrected chi connectivity index (χ4v) is 3.49. The van der Waals surface area contributed by atoms with Gasteiger partial charge in [0, 0.05) is 25.7 Å². The van der Waals surface area contributed by atoms with Gasteiger partial charge in [-0.2, -0.15) is 0 Å². The van der Waals surface area contributed by atoms with Crippen molar-refractivity contribution in [1.82, 2.24) is 15.3 Å². The number of benzene rings is 1. The van der Waals surface area contributed by atoms with Gasteiger partial charge in [-0.3, -0.25) is 4.79 Å². The number of piperidine rings is 1. The van der Waals surface area contributed by atoms with E-state index in [-0.39, 0.29) is 5.91 Å². The number of carbonyl (C=O) groups is 1. The highest BCUT2D eigenvalue weighted by Gasteiger charge is 2.13. The van der Waals surface area contributed by atoms with Crippen LogP contribution in [0.4, 0.5) is 5.82 Å². The lowest BCUT2D eigenvalue weighted by Crippen LogP contribution is -2.30. The molecule has 1 amide bonds. The summed E-state index contributed by atoms with van der Waals surface area (Å²) in [4.78, 5) is 23.0. The molecule has 1 aliphatic heterocycles. The zero-order valence-corrected chi connectivity index (χ0v) is 15.4. The van der Waals surface area contributed by atoms with Gasteiger partial charge in [-0.25, -0.2) is 9.97 Å². The Bertz CT molecular complexity index is 699. The van der Waals surface area contributed by atoms with Gasteiger partial charge in [0.05, 0.1) is 5.75 Å². The summed E-state index contributed by atoms with van der Waals surface area (Å²) >= 11 is 1.45. The van der Waals surface area contributed by atoms with E-state index in [2.05, 4.69) is 39.2 Å². The smallest absolute Gasteiger partial charge is 0.230 e. The lowest BCUT2D eigenvalue weighted by molar-refractivity contribution is -0.118. The largest absolute Gasteiger partial charge is 0.356 e. The molecule has 1 aliphatic rings. The SMILES string of the molecule is Cc1ccc(CNC(=O)CSc2cc(N3CCCCC3)ncn2)cc1. The molecule has 1 N–H and O–H groups in total. The number of rotatable bonds is 6. The van der Waals surface area contributed by atoms with Crippen LogP contribution in [0.3, 0.4) is 0 Å². The number of nitrogens with zero attached hydrogens (tertiary/aromatic N) is 3. The molecule has 1 saturated heterocycles. The van der Waals surface area contributed by atoms with Crippen molar-refractivity contribution < 1.29 is 4.79 Å². The molecule has 0 aliphatic carbocycles. The van der Waals surface area contributed by atoms with E-state index in [1.807, 2.05) is 18.2 Å². The van der Waals surface area contributed by atoms with Crippen LogP contribution in [-0.4, -0.2) is 34.7 Å². The highest BCUT2D eigenvalue weighted by atomic mass is 32.2. The Morgan fingerprint density at radius 1 is 1.16 bits per heavy atom. The Morgan fingerprint density at radius 2 is 1.92 bits per heavy atom. The highest BCUT2D eigenvalue weighted by Crippen LogP contribution is 2.22. The first-order valence-corrected chi connectivity index (χ1v) is 9.71. The molecule has 0 unspecified atom stereocenters. The van der Waals surface area contributed by atoms with Gasteiger partial charge < -0.3 is 10.2 Å². The molecule has 5 nitrogen and oxygen atoms in total. The van der Waals surface area contributed by atoms with Crippen molar-refractivity contribution in [2.45, 2.75) is 37.8 Å². The summed E-state index contributed by atoms with van der Waals surface area (Å²) in [5, 5.41) is 3.80.